The number of nitrogens with zero attached hydrogens (tertiary/aromatic N) is 2. The van der Waals surface area contributed by atoms with Gasteiger partial charge in [0, 0.05) is 5.69 Å². The number of carbonyl (C=O) groups excluding carboxylic acids is 2. The summed E-state index contributed by atoms with van der Waals surface area (Å²) in [5.41, 5.74) is 8.06. The Balaban J connectivity index is 1.62. The van der Waals surface area contributed by atoms with Gasteiger partial charge in [0.15, 0.2) is 0 Å². The van der Waals surface area contributed by atoms with Gasteiger partial charge in [-0.2, -0.15) is 4.99 Å². The van der Waals surface area contributed by atoms with Crippen LogP contribution in [-0.2, 0) is 9.59 Å². The largest absolute Gasteiger partial charge is 0.369 e. The molecule has 1 atom stereocenters. The van der Waals surface area contributed by atoms with Gasteiger partial charge in [-0.15, -0.1) is 0 Å². The van der Waals surface area contributed by atoms with E-state index in [-0.39, 0.29) is 23.4 Å². The van der Waals surface area contributed by atoms with Crippen LogP contribution in [0.1, 0.15) is 12.0 Å². The SMILES string of the molecule is Cc1ccc(NC(N)=NC2=N[C@H](CC(=O)Nc3cccc(Cl)c3Cl)C(=O)N2)cc1. The van der Waals surface area contributed by atoms with Crippen LogP contribution in [0.2, 0.25) is 10.0 Å². The maximum atomic E-state index is 12.2. The van der Waals surface area contributed by atoms with Crippen LogP contribution in [0.5, 0.6) is 0 Å². The highest BCUT2D eigenvalue weighted by atomic mass is 35.5. The molecule has 1 heterocycles. The van der Waals surface area contributed by atoms with E-state index in [0.717, 1.165) is 11.3 Å². The van der Waals surface area contributed by atoms with Crippen LogP contribution in [-0.4, -0.2) is 29.8 Å². The third-order valence-electron chi connectivity index (χ3n) is 3.97. The molecule has 0 fully saturated rings. The van der Waals surface area contributed by atoms with Gasteiger partial charge in [-0.3, -0.25) is 14.9 Å². The number of rotatable bonds is 4. The maximum Gasteiger partial charge on any atom is 0.252 e. The van der Waals surface area contributed by atoms with Crippen molar-refractivity contribution in [2.45, 2.75) is 19.4 Å². The molecule has 1 aliphatic heterocycles. The highest BCUT2D eigenvalue weighted by molar-refractivity contribution is 6.44. The number of nitrogens with one attached hydrogen (secondary N) is 3. The van der Waals surface area contributed by atoms with Crippen molar-refractivity contribution in [3.63, 3.8) is 0 Å². The van der Waals surface area contributed by atoms with Crippen molar-refractivity contribution in [1.82, 2.24) is 5.32 Å². The number of nitrogens with two attached hydrogens (primary N) is 1. The quantitative estimate of drug-likeness (QED) is 0.438. The Morgan fingerprint density at radius 2 is 1.93 bits per heavy atom. The summed E-state index contributed by atoms with van der Waals surface area (Å²) in [7, 11) is 0. The van der Waals surface area contributed by atoms with E-state index < -0.39 is 17.9 Å². The average Bonchev–Trinajstić information content (AvgIpc) is 2.99. The lowest BCUT2D eigenvalue weighted by Gasteiger charge is -2.09. The zero-order valence-electron chi connectivity index (χ0n) is 15.4. The number of hydrogen-bond donors (Lipinski definition) is 4. The Hall–Kier alpha value is -3.10. The first-order valence-electron chi connectivity index (χ1n) is 8.62. The van der Waals surface area contributed by atoms with E-state index >= 15 is 0 Å². The van der Waals surface area contributed by atoms with Gasteiger partial charge in [-0.1, -0.05) is 47.0 Å². The summed E-state index contributed by atoms with van der Waals surface area (Å²) in [6, 6.07) is 11.5. The molecule has 0 unspecified atom stereocenters. The van der Waals surface area contributed by atoms with Crippen LogP contribution in [0.3, 0.4) is 0 Å². The van der Waals surface area contributed by atoms with E-state index in [1.807, 2.05) is 31.2 Å². The molecule has 2 amide bonds. The molecule has 1 aliphatic rings. The molecule has 0 aromatic heterocycles. The Morgan fingerprint density at radius 1 is 1.21 bits per heavy atom. The van der Waals surface area contributed by atoms with Crippen molar-refractivity contribution >= 4 is 58.3 Å². The van der Waals surface area contributed by atoms with Crippen LogP contribution in [0.15, 0.2) is 52.4 Å². The summed E-state index contributed by atoms with van der Waals surface area (Å²) in [5.74, 6) is -0.789. The van der Waals surface area contributed by atoms with Gasteiger partial charge < -0.3 is 16.4 Å². The van der Waals surface area contributed by atoms with Gasteiger partial charge in [0.25, 0.3) is 5.91 Å². The molecule has 0 radical (unpaired) electrons. The molecule has 0 aliphatic carbocycles. The molecule has 0 saturated heterocycles. The summed E-state index contributed by atoms with van der Waals surface area (Å²) in [4.78, 5) is 32.5. The zero-order chi connectivity index (χ0) is 21.0. The molecular weight excluding hydrogens is 415 g/mol. The third-order valence-corrected chi connectivity index (χ3v) is 4.79. The van der Waals surface area contributed by atoms with Crippen molar-refractivity contribution in [1.29, 1.82) is 0 Å². The molecule has 8 nitrogen and oxygen atoms in total. The van der Waals surface area contributed by atoms with E-state index in [0.29, 0.717) is 10.7 Å². The normalized spacial score (nSPS) is 16.2. The molecule has 5 N–H and O–H groups in total. The smallest absolute Gasteiger partial charge is 0.252 e. The van der Waals surface area contributed by atoms with Crippen molar-refractivity contribution in [2.75, 3.05) is 10.6 Å². The lowest BCUT2D eigenvalue weighted by molar-refractivity contribution is -0.123. The molecule has 2 aromatic rings. The number of benzene rings is 2. The van der Waals surface area contributed by atoms with Crippen LogP contribution in [0, 0.1) is 6.92 Å². The average molecular weight is 433 g/mol. The Morgan fingerprint density at radius 3 is 2.66 bits per heavy atom. The fourth-order valence-corrected chi connectivity index (χ4v) is 2.88. The Labute approximate surface area is 177 Å². The maximum absolute atomic E-state index is 12.2. The minimum atomic E-state index is -0.918. The number of aryl methyl sites for hydroxylation is 1. The number of guanidine groups is 2. The Kier molecular flexibility index (Phi) is 6.36. The molecule has 2 aromatic carbocycles. The Bertz CT molecular complexity index is 1000. The first-order chi connectivity index (χ1) is 13.8. The number of halogens is 2. The second-order valence-corrected chi connectivity index (χ2v) is 7.08. The summed E-state index contributed by atoms with van der Waals surface area (Å²) >= 11 is 12.0. The minimum absolute atomic E-state index is 0.0331. The van der Waals surface area contributed by atoms with Gasteiger partial charge in [0.1, 0.15) is 6.04 Å². The fourth-order valence-electron chi connectivity index (χ4n) is 2.53. The van der Waals surface area contributed by atoms with E-state index in [2.05, 4.69) is 25.9 Å². The summed E-state index contributed by atoms with van der Waals surface area (Å²) in [5, 5.41) is 8.55. The first kappa shape index (κ1) is 20.6. The summed E-state index contributed by atoms with van der Waals surface area (Å²) in [6.45, 7) is 1.97. The third kappa shape index (κ3) is 5.46. The summed E-state index contributed by atoms with van der Waals surface area (Å²) in [6.07, 6.45) is -0.182. The standard InChI is InChI=1S/C19H18Cl2N6O2/c1-10-5-7-11(8-6-10)23-18(22)27-19-25-14(17(29)26-19)9-15(28)24-13-4-2-3-12(20)16(13)21/h2-8,14H,9H2,1H3,(H,24,28)(H4,22,23,25,26,27,29)/t14-/m1/s1. The first-order valence-corrected chi connectivity index (χ1v) is 9.38. The minimum Gasteiger partial charge on any atom is -0.369 e. The summed E-state index contributed by atoms with van der Waals surface area (Å²) < 4.78 is 0. The van der Waals surface area contributed by atoms with E-state index in [4.69, 9.17) is 28.9 Å². The second-order valence-electron chi connectivity index (χ2n) is 6.30. The predicted molar refractivity (Wildman–Crippen MR) is 115 cm³/mol. The predicted octanol–water partition coefficient (Wildman–Crippen LogP) is 2.91. The molecular formula is C19H18Cl2N6O2. The van der Waals surface area contributed by atoms with Crippen LogP contribution in [0.4, 0.5) is 11.4 Å². The number of hydrogen-bond acceptors (Lipinski definition) is 4. The van der Waals surface area contributed by atoms with Gasteiger partial charge in [-0.05, 0) is 31.2 Å². The number of amides is 2. The van der Waals surface area contributed by atoms with Gasteiger partial charge in [0.05, 0.1) is 22.2 Å². The van der Waals surface area contributed by atoms with Crippen LogP contribution in [0.25, 0.3) is 0 Å². The van der Waals surface area contributed by atoms with Crippen molar-refractivity contribution in [3.8, 4) is 0 Å². The molecule has 0 spiro atoms. The highest BCUT2D eigenvalue weighted by Crippen LogP contribution is 2.29. The fraction of sp³-hybridized carbons (Fsp3) is 0.158. The number of aliphatic imine (C=N–C) groups is 2. The van der Waals surface area contributed by atoms with Gasteiger partial charge in [0.2, 0.25) is 17.8 Å². The number of anilines is 2. The van der Waals surface area contributed by atoms with E-state index in [1.165, 1.54) is 0 Å². The van der Waals surface area contributed by atoms with E-state index in [1.54, 1.807) is 18.2 Å². The lowest BCUT2D eigenvalue weighted by Crippen LogP contribution is -2.32. The van der Waals surface area contributed by atoms with Crippen molar-refractivity contribution < 1.29 is 9.59 Å². The van der Waals surface area contributed by atoms with E-state index in [9.17, 15) is 9.59 Å². The molecule has 10 heteroatoms. The van der Waals surface area contributed by atoms with Crippen molar-refractivity contribution in [3.05, 3.63) is 58.1 Å². The van der Waals surface area contributed by atoms with Gasteiger partial charge >= 0.3 is 0 Å². The monoisotopic (exact) mass is 432 g/mol. The highest BCUT2D eigenvalue weighted by Gasteiger charge is 2.29. The second kappa shape index (κ2) is 8.93. The number of carbonyl (C=O) groups is 2. The zero-order valence-corrected chi connectivity index (χ0v) is 16.9. The van der Waals surface area contributed by atoms with Crippen LogP contribution < -0.4 is 21.7 Å². The van der Waals surface area contributed by atoms with Crippen LogP contribution >= 0.6 is 23.2 Å². The molecule has 150 valence electrons. The molecule has 29 heavy (non-hydrogen) atoms. The van der Waals surface area contributed by atoms with Crippen molar-refractivity contribution in [2.24, 2.45) is 15.7 Å². The molecule has 3 rings (SSSR count). The molecule has 0 saturated carbocycles. The van der Waals surface area contributed by atoms with Gasteiger partial charge in [-0.25, -0.2) is 4.99 Å². The molecule has 0 bridgehead atoms. The topological polar surface area (TPSA) is 121 Å². The lowest BCUT2D eigenvalue weighted by atomic mass is 10.2.